The van der Waals surface area contributed by atoms with Crippen LogP contribution in [0.25, 0.3) is 11.1 Å². The van der Waals surface area contributed by atoms with Crippen molar-refractivity contribution in [2.75, 3.05) is 14.7 Å². The summed E-state index contributed by atoms with van der Waals surface area (Å²) >= 11 is 0. The van der Waals surface area contributed by atoms with Crippen LogP contribution in [0.4, 0.5) is 51.2 Å². The molecule has 3 nitrogen and oxygen atoms in total. The van der Waals surface area contributed by atoms with Crippen LogP contribution in [0.15, 0.2) is 158 Å². The Hall–Kier alpha value is -6.78. The number of nitrogens with zero attached hydrogens (tertiary/aromatic N) is 3. The zero-order valence-electron chi connectivity index (χ0n) is 50.3. The lowest BCUT2D eigenvalue weighted by Gasteiger charge is -2.48. The molecule has 0 bridgehead atoms. The van der Waals surface area contributed by atoms with Crippen LogP contribution < -0.4 is 31.1 Å². The molecule has 0 spiro atoms. The number of benzene rings is 8. The van der Waals surface area contributed by atoms with Crippen LogP contribution in [0, 0.1) is 13.8 Å². The lowest BCUT2D eigenvalue weighted by molar-refractivity contribution is 0.332. The predicted molar refractivity (Wildman–Crippen MR) is 340 cm³/mol. The summed E-state index contributed by atoms with van der Waals surface area (Å²) in [6.07, 6.45) is 2.29. The van der Waals surface area contributed by atoms with Gasteiger partial charge in [0.2, 0.25) is 0 Å². The molecule has 0 atom stereocenters. The maximum Gasteiger partial charge on any atom is 0.252 e. The first-order chi connectivity index (χ1) is 36.5. The van der Waals surface area contributed by atoms with E-state index in [4.69, 9.17) is 0 Å². The fourth-order valence-corrected chi connectivity index (χ4v) is 12.9. The van der Waals surface area contributed by atoms with Gasteiger partial charge in [-0.15, -0.1) is 0 Å². The molecule has 4 heteroatoms. The number of hydrogen-bond acceptors (Lipinski definition) is 3. The van der Waals surface area contributed by atoms with Crippen molar-refractivity contribution in [3.05, 3.63) is 202 Å². The van der Waals surface area contributed by atoms with Gasteiger partial charge in [-0.2, -0.15) is 0 Å². The van der Waals surface area contributed by atoms with Crippen molar-refractivity contribution in [2.45, 2.75) is 170 Å². The molecular formula is C74H84BN3. The van der Waals surface area contributed by atoms with Crippen molar-refractivity contribution >= 4 is 74.3 Å². The smallest absolute Gasteiger partial charge is 0.252 e. The highest BCUT2D eigenvalue weighted by Crippen LogP contribution is 2.53. The van der Waals surface area contributed by atoms with E-state index in [0.717, 1.165) is 29.9 Å². The molecule has 78 heavy (non-hydrogen) atoms. The second kappa shape index (κ2) is 18.4. The van der Waals surface area contributed by atoms with Gasteiger partial charge in [0.15, 0.2) is 0 Å². The summed E-state index contributed by atoms with van der Waals surface area (Å²) < 4.78 is 0. The highest BCUT2D eigenvalue weighted by Gasteiger charge is 2.47. The van der Waals surface area contributed by atoms with Crippen LogP contribution >= 0.6 is 0 Å². The molecule has 0 fully saturated rings. The molecule has 0 aromatic heterocycles. The van der Waals surface area contributed by atoms with E-state index >= 15 is 0 Å². The summed E-state index contributed by atoms with van der Waals surface area (Å²) in [6, 6.07) is 62.0. The number of rotatable bonds is 6. The highest BCUT2D eigenvalue weighted by atomic mass is 15.2. The van der Waals surface area contributed by atoms with Gasteiger partial charge in [-0.05, 0) is 198 Å². The van der Waals surface area contributed by atoms with E-state index in [-0.39, 0.29) is 39.2 Å². The van der Waals surface area contributed by atoms with Gasteiger partial charge < -0.3 is 14.7 Å². The van der Waals surface area contributed by atoms with Crippen molar-refractivity contribution in [1.82, 2.24) is 0 Å². The Morgan fingerprint density at radius 2 is 0.846 bits per heavy atom. The number of hydrogen-bond donors (Lipinski definition) is 0. The second-order valence-electron chi connectivity index (χ2n) is 28.8. The SMILES string of the molecule is Cc1cc2c3c(c1)N(c1ccc(C(C)(C)C)cc1-c1ccccc1)c1cc4c(cc1B3c1ccc(N(c3ccc(C(C)(C)C)cc3)c3ccc(C(C)(C)C)cc3)cc1N2c1ccc(C(C)(C)C)cc1C)C(C)(C)CCC4(C)C. The Balaban J connectivity index is 1.24. The van der Waals surface area contributed by atoms with E-state index in [2.05, 4.69) is 297 Å². The van der Waals surface area contributed by atoms with E-state index in [9.17, 15) is 0 Å². The molecule has 2 aliphatic heterocycles. The van der Waals surface area contributed by atoms with Crippen molar-refractivity contribution in [3.63, 3.8) is 0 Å². The Labute approximate surface area is 469 Å². The van der Waals surface area contributed by atoms with Gasteiger partial charge in [0.05, 0.1) is 5.69 Å². The average molecular weight is 1030 g/mol. The topological polar surface area (TPSA) is 9.72 Å². The molecule has 0 radical (unpaired) electrons. The van der Waals surface area contributed by atoms with Gasteiger partial charge in [0, 0.05) is 51.1 Å². The third kappa shape index (κ3) is 9.19. The zero-order valence-corrected chi connectivity index (χ0v) is 50.3. The van der Waals surface area contributed by atoms with Crippen molar-refractivity contribution in [2.24, 2.45) is 0 Å². The van der Waals surface area contributed by atoms with E-state index in [1.807, 2.05) is 0 Å². The van der Waals surface area contributed by atoms with Crippen LogP contribution in [0.3, 0.4) is 0 Å². The molecule has 2 heterocycles. The van der Waals surface area contributed by atoms with Crippen LogP contribution in [-0.4, -0.2) is 6.71 Å². The Morgan fingerprint density at radius 1 is 0.397 bits per heavy atom. The van der Waals surface area contributed by atoms with E-state index < -0.39 is 0 Å². The minimum absolute atomic E-state index is 0.000130. The quantitative estimate of drug-likeness (QED) is 0.154. The van der Waals surface area contributed by atoms with Crippen LogP contribution in [0.1, 0.15) is 168 Å². The minimum atomic E-state index is -0.0398. The zero-order chi connectivity index (χ0) is 55.8. The van der Waals surface area contributed by atoms with Crippen LogP contribution in [-0.2, 0) is 32.5 Å². The third-order valence-electron chi connectivity index (χ3n) is 17.9. The molecule has 8 aromatic carbocycles. The van der Waals surface area contributed by atoms with E-state index in [1.165, 1.54) is 106 Å². The molecular weight excluding hydrogens is 942 g/mol. The molecule has 0 amide bonds. The lowest BCUT2D eigenvalue weighted by Crippen LogP contribution is -2.62. The summed E-state index contributed by atoms with van der Waals surface area (Å²) in [6.45, 7) is 42.3. The standard InChI is InChI=1S/C74H84BN3/c1-47-40-66-68-67(41-47)78(63-37-29-53(72(12,13)14)43-57(63)49-22-20-19-21-23-49)65-46-59-58(73(15,16)38-39-74(59,17)18)45-61(65)75(68)60-35-34-56(44-64(60)77(66)62-36-28-52(42-48(62)2)71(9,10)11)76(54-30-24-50(25-31-54)69(3,4)5)55-32-26-51(27-33-55)70(6,7)8/h19-37,40-46H,38-39H2,1-18H3. The summed E-state index contributed by atoms with van der Waals surface area (Å²) in [7, 11) is 0. The summed E-state index contributed by atoms with van der Waals surface area (Å²) in [5.41, 5.74) is 28.1. The Kier molecular flexibility index (Phi) is 12.6. The van der Waals surface area contributed by atoms with Crippen LogP contribution in [0.5, 0.6) is 0 Å². The monoisotopic (exact) mass is 1030 g/mol. The van der Waals surface area contributed by atoms with Gasteiger partial charge in [-0.3, -0.25) is 0 Å². The van der Waals surface area contributed by atoms with Gasteiger partial charge >= 0.3 is 0 Å². The molecule has 3 aliphatic rings. The largest absolute Gasteiger partial charge is 0.311 e. The number of aryl methyl sites for hydroxylation is 2. The third-order valence-corrected chi connectivity index (χ3v) is 17.9. The Bertz CT molecular complexity index is 3570. The first kappa shape index (κ1) is 53.2. The van der Waals surface area contributed by atoms with Crippen molar-refractivity contribution in [3.8, 4) is 11.1 Å². The molecule has 0 unspecified atom stereocenters. The van der Waals surface area contributed by atoms with Gasteiger partial charge in [0.25, 0.3) is 6.71 Å². The van der Waals surface area contributed by atoms with E-state index in [1.54, 1.807) is 0 Å². The normalized spacial score (nSPS) is 15.6. The Morgan fingerprint density at radius 3 is 1.36 bits per heavy atom. The minimum Gasteiger partial charge on any atom is -0.311 e. The number of fused-ring (bicyclic) bond motifs is 5. The second-order valence-corrected chi connectivity index (χ2v) is 28.8. The summed E-state index contributed by atoms with van der Waals surface area (Å²) in [4.78, 5) is 7.80. The summed E-state index contributed by atoms with van der Waals surface area (Å²) in [5.74, 6) is 0. The molecule has 0 N–H and O–H groups in total. The summed E-state index contributed by atoms with van der Waals surface area (Å²) in [5, 5.41) is 0. The molecule has 8 aromatic rings. The van der Waals surface area contributed by atoms with Gasteiger partial charge in [0.1, 0.15) is 0 Å². The molecule has 398 valence electrons. The molecule has 0 saturated carbocycles. The van der Waals surface area contributed by atoms with E-state index in [0.29, 0.717) is 0 Å². The van der Waals surface area contributed by atoms with Crippen molar-refractivity contribution < 1.29 is 0 Å². The molecule has 11 rings (SSSR count). The van der Waals surface area contributed by atoms with Gasteiger partial charge in [-0.1, -0.05) is 196 Å². The van der Waals surface area contributed by atoms with Gasteiger partial charge in [-0.25, -0.2) is 0 Å². The fourth-order valence-electron chi connectivity index (χ4n) is 12.9. The predicted octanol–water partition coefficient (Wildman–Crippen LogP) is 19.1. The first-order valence-corrected chi connectivity index (χ1v) is 28.9. The average Bonchev–Trinajstić information content (AvgIpc) is 3.54. The highest BCUT2D eigenvalue weighted by molar-refractivity contribution is 7.00. The maximum absolute atomic E-state index is 2.68. The maximum atomic E-state index is 2.68. The molecule has 0 saturated heterocycles. The number of anilines is 9. The van der Waals surface area contributed by atoms with Crippen LogP contribution in [0.2, 0.25) is 0 Å². The first-order valence-electron chi connectivity index (χ1n) is 28.9. The lowest BCUT2D eigenvalue weighted by atomic mass is 9.33. The van der Waals surface area contributed by atoms with Crippen molar-refractivity contribution in [1.29, 1.82) is 0 Å². The molecule has 1 aliphatic carbocycles. The fraction of sp³-hybridized carbons (Fsp3) is 0.351.